The quantitative estimate of drug-likeness (QED) is 0.624. The summed E-state index contributed by atoms with van der Waals surface area (Å²) in [6, 6.07) is 9.25. The molecule has 0 aliphatic carbocycles. The third-order valence-corrected chi connectivity index (χ3v) is 4.41. The first-order valence-electron chi connectivity index (χ1n) is 7.83. The molecule has 2 aromatic rings. The van der Waals surface area contributed by atoms with Crippen molar-refractivity contribution in [3.05, 3.63) is 62.1 Å². The van der Waals surface area contributed by atoms with Gasteiger partial charge < -0.3 is 15.0 Å². The zero-order valence-corrected chi connectivity index (χ0v) is 15.1. The van der Waals surface area contributed by atoms with Crippen LogP contribution >= 0.6 is 23.2 Å². The highest BCUT2D eigenvalue weighted by Gasteiger charge is 2.29. The monoisotopic (exact) mass is 395 g/mol. The van der Waals surface area contributed by atoms with Crippen LogP contribution in [-0.2, 0) is 4.74 Å². The lowest BCUT2D eigenvalue weighted by Crippen LogP contribution is -2.36. The maximum absolute atomic E-state index is 12.7. The Morgan fingerprint density at radius 1 is 1.12 bits per heavy atom. The first-order chi connectivity index (χ1) is 12.5. The van der Waals surface area contributed by atoms with Crippen molar-refractivity contribution in [2.45, 2.75) is 0 Å². The van der Waals surface area contributed by atoms with Crippen LogP contribution in [0.25, 0.3) is 0 Å². The molecule has 2 aromatic carbocycles. The van der Waals surface area contributed by atoms with E-state index < -0.39 is 10.8 Å². The second-order valence-corrected chi connectivity index (χ2v) is 6.51. The van der Waals surface area contributed by atoms with E-state index >= 15 is 0 Å². The lowest BCUT2D eigenvalue weighted by Gasteiger charge is -2.29. The normalized spacial score (nSPS) is 14.2. The summed E-state index contributed by atoms with van der Waals surface area (Å²) in [6.45, 7) is 1.88. The van der Waals surface area contributed by atoms with Crippen LogP contribution in [0.5, 0.6) is 0 Å². The third-order valence-electron chi connectivity index (χ3n) is 3.94. The summed E-state index contributed by atoms with van der Waals surface area (Å²) < 4.78 is 5.28. The predicted octanol–water partition coefficient (Wildman–Crippen LogP) is 3.99. The molecule has 0 spiro atoms. The van der Waals surface area contributed by atoms with Gasteiger partial charge in [-0.1, -0.05) is 23.2 Å². The zero-order valence-electron chi connectivity index (χ0n) is 13.6. The van der Waals surface area contributed by atoms with Crippen LogP contribution in [0.3, 0.4) is 0 Å². The van der Waals surface area contributed by atoms with Crippen molar-refractivity contribution >= 4 is 46.2 Å². The predicted molar refractivity (Wildman–Crippen MR) is 101 cm³/mol. The number of nitrogens with one attached hydrogen (secondary N) is 1. The highest BCUT2D eigenvalue weighted by molar-refractivity contribution is 6.32. The third kappa shape index (κ3) is 4.07. The Morgan fingerprint density at radius 3 is 2.38 bits per heavy atom. The minimum Gasteiger partial charge on any atom is -0.378 e. The lowest BCUT2D eigenvalue weighted by atomic mass is 10.1. The number of nitro benzene ring substituents is 1. The van der Waals surface area contributed by atoms with Crippen molar-refractivity contribution in [1.82, 2.24) is 0 Å². The number of hydrogen-bond acceptors (Lipinski definition) is 5. The van der Waals surface area contributed by atoms with Gasteiger partial charge in [0.2, 0.25) is 0 Å². The average Bonchev–Trinajstić information content (AvgIpc) is 2.63. The topological polar surface area (TPSA) is 84.7 Å². The molecule has 1 aliphatic heterocycles. The Balaban J connectivity index is 1.99. The largest absolute Gasteiger partial charge is 0.378 e. The molecular formula is C17H15Cl2N3O4. The average molecular weight is 396 g/mol. The zero-order chi connectivity index (χ0) is 18.7. The van der Waals surface area contributed by atoms with E-state index in [4.69, 9.17) is 27.9 Å². The fourth-order valence-electron chi connectivity index (χ4n) is 2.73. The first-order valence-corrected chi connectivity index (χ1v) is 8.59. The Labute approximate surface area is 159 Å². The molecule has 3 rings (SSSR count). The van der Waals surface area contributed by atoms with Gasteiger partial charge in [-0.25, -0.2) is 0 Å². The summed E-state index contributed by atoms with van der Waals surface area (Å²) in [5.74, 6) is -0.615. The van der Waals surface area contributed by atoms with E-state index in [-0.39, 0.29) is 16.3 Å². The molecule has 9 heteroatoms. The van der Waals surface area contributed by atoms with Gasteiger partial charge in [-0.3, -0.25) is 14.9 Å². The van der Waals surface area contributed by atoms with E-state index in [1.165, 1.54) is 12.1 Å². The van der Waals surface area contributed by atoms with Crippen LogP contribution in [0.15, 0.2) is 36.4 Å². The molecule has 0 atom stereocenters. The van der Waals surface area contributed by atoms with Gasteiger partial charge in [0.1, 0.15) is 11.3 Å². The van der Waals surface area contributed by atoms with Gasteiger partial charge in [-0.15, -0.1) is 0 Å². The maximum Gasteiger partial charge on any atom is 0.305 e. The number of benzene rings is 2. The lowest BCUT2D eigenvalue weighted by molar-refractivity contribution is -0.384. The smallest absolute Gasteiger partial charge is 0.305 e. The van der Waals surface area contributed by atoms with Gasteiger partial charge >= 0.3 is 5.69 Å². The van der Waals surface area contributed by atoms with E-state index in [0.29, 0.717) is 42.7 Å². The Morgan fingerprint density at radius 2 is 1.77 bits per heavy atom. The number of halogens is 2. The van der Waals surface area contributed by atoms with Crippen molar-refractivity contribution in [3.8, 4) is 0 Å². The second-order valence-electron chi connectivity index (χ2n) is 5.64. The number of anilines is 2. The van der Waals surface area contributed by atoms with Crippen LogP contribution < -0.4 is 10.2 Å². The van der Waals surface area contributed by atoms with Gasteiger partial charge in [0.15, 0.2) is 0 Å². The van der Waals surface area contributed by atoms with Crippen LogP contribution in [0.1, 0.15) is 10.4 Å². The van der Waals surface area contributed by atoms with Crippen molar-refractivity contribution in [2.75, 3.05) is 36.5 Å². The van der Waals surface area contributed by atoms with Gasteiger partial charge in [0.05, 0.1) is 18.1 Å². The molecule has 0 unspecified atom stereocenters. The molecule has 26 heavy (non-hydrogen) atoms. The van der Waals surface area contributed by atoms with Crippen LogP contribution in [0.4, 0.5) is 17.1 Å². The molecule has 7 nitrogen and oxygen atoms in total. The standard InChI is InChI=1S/C17H15Cl2N3O4/c18-11-1-3-13(4-2-11)20-17(23)14-9-12(19)10-15(16(14)22(24)25)21-5-7-26-8-6-21/h1-4,9-10H,5-8H2,(H,20,23). The number of rotatable bonds is 4. The Bertz CT molecular complexity index is 837. The highest BCUT2D eigenvalue weighted by atomic mass is 35.5. The van der Waals surface area contributed by atoms with Crippen LogP contribution in [0, 0.1) is 10.1 Å². The van der Waals surface area contributed by atoms with Gasteiger partial charge in [0, 0.05) is 28.8 Å². The summed E-state index contributed by atoms with van der Waals surface area (Å²) in [7, 11) is 0. The van der Waals surface area contributed by atoms with Gasteiger partial charge in [-0.2, -0.15) is 0 Å². The van der Waals surface area contributed by atoms with Crippen molar-refractivity contribution in [1.29, 1.82) is 0 Å². The minimum atomic E-state index is -0.615. The molecule has 0 saturated carbocycles. The number of hydrogen-bond donors (Lipinski definition) is 1. The number of carbonyl (C=O) groups excluding carboxylic acids is 1. The van der Waals surface area contributed by atoms with Crippen LogP contribution in [-0.4, -0.2) is 37.1 Å². The second kappa shape index (κ2) is 7.90. The first kappa shape index (κ1) is 18.4. The number of ether oxygens (including phenoxy) is 1. The van der Waals surface area contributed by atoms with Crippen molar-refractivity contribution < 1.29 is 14.5 Å². The molecule has 0 bridgehead atoms. The molecule has 136 valence electrons. The minimum absolute atomic E-state index is 0.0982. The van der Waals surface area contributed by atoms with E-state index in [9.17, 15) is 14.9 Å². The molecule has 1 fully saturated rings. The number of carbonyl (C=O) groups is 1. The van der Waals surface area contributed by atoms with E-state index in [2.05, 4.69) is 5.32 Å². The molecule has 0 aromatic heterocycles. The number of morpholine rings is 1. The number of nitrogens with zero attached hydrogens (tertiary/aromatic N) is 2. The Hall–Kier alpha value is -2.35. The highest BCUT2D eigenvalue weighted by Crippen LogP contribution is 2.36. The number of nitro groups is 1. The molecule has 1 saturated heterocycles. The van der Waals surface area contributed by atoms with Gasteiger partial charge in [-0.05, 0) is 36.4 Å². The molecular weight excluding hydrogens is 381 g/mol. The molecule has 1 aliphatic rings. The maximum atomic E-state index is 12.7. The summed E-state index contributed by atoms with van der Waals surface area (Å²) in [6.07, 6.45) is 0. The fourth-order valence-corrected chi connectivity index (χ4v) is 3.07. The number of amides is 1. The van der Waals surface area contributed by atoms with Crippen LogP contribution in [0.2, 0.25) is 10.0 Å². The fraction of sp³-hybridized carbons (Fsp3) is 0.235. The SMILES string of the molecule is O=C(Nc1ccc(Cl)cc1)c1cc(Cl)cc(N2CCOCC2)c1[N+](=O)[O-]. The van der Waals surface area contributed by atoms with Crippen molar-refractivity contribution in [2.24, 2.45) is 0 Å². The summed E-state index contributed by atoms with van der Waals surface area (Å²) in [5.41, 5.74) is 0.412. The Kier molecular flexibility index (Phi) is 5.61. The van der Waals surface area contributed by atoms with E-state index in [0.717, 1.165) is 0 Å². The molecule has 1 heterocycles. The van der Waals surface area contributed by atoms with E-state index in [1.807, 2.05) is 0 Å². The van der Waals surface area contributed by atoms with E-state index in [1.54, 1.807) is 29.2 Å². The molecule has 1 amide bonds. The molecule has 0 radical (unpaired) electrons. The summed E-state index contributed by atoms with van der Waals surface area (Å²) >= 11 is 12.0. The summed E-state index contributed by atoms with van der Waals surface area (Å²) in [5, 5.41) is 15.1. The van der Waals surface area contributed by atoms with Crippen molar-refractivity contribution in [3.63, 3.8) is 0 Å². The van der Waals surface area contributed by atoms with Gasteiger partial charge in [0.25, 0.3) is 5.91 Å². The molecule has 1 N–H and O–H groups in total. The summed E-state index contributed by atoms with van der Waals surface area (Å²) in [4.78, 5) is 25.6.